The normalized spacial score (nSPS) is 13.0. The maximum Gasteiger partial charge on any atom is 0.261 e. The minimum Gasteiger partial charge on any atom is -0.325 e. The molecule has 140 valence electrons. The molecule has 9 nitrogen and oxygen atoms in total. The number of hydrogen-bond donors (Lipinski definition) is 1. The fraction of sp³-hybridized carbons (Fsp3) is 0.158. The number of anilines is 1. The van der Waals surface area contributed by atoms with Gasteiger partial charge in [0.05, 0.1) is 23.0 Å². The molecule has 0 atom stereocenters. The van der Waals surface area contributed by atoms with Crippen LogP contribution in [0.1, 0.15) is 32.7 Å². The Hall–Kier alpha value is -3.88. The third-order valence-electron chi connectivity index (χ3n) is 4.37. The molecule has 3 amide bonds. The molecule has 1 aliphatic rings. The van der Waals surface area contributed by atoms with E-state index in [9.17, 15) is 14.4 Å². The Bertz CT molecular complexity index is 1060. The van der Waals surface area contributed by atoms with Crippen molar-refractivity contribution in [1.29, 1.82) is 0 Å². The van der Waals surface area contributed by atoms with Crippen LogP contribution in [0.5, 0.6) is 0 Å². The zero-order chi connectivity index (χ0) is 19.7. The van der Waals surface area contributed by atoms with Crippen LogP contribution in [-0.4, -0.2) is 48.9 Å². The first-order chi connectivity index (χ1) is 13.5. The number of carbonyl (C=O) groups is 3. The predicted octanol–water partition coefficient (Wildman–Crippen LogP) is 1.60. The summed E-state index contributed by atoms with van der Waals surface area (Å²) < 4.78 is 1.50. The van der Waals surface area contributed by atoms with E-state index in [1.165, 1.54) is 23.5 Å². The maximum absolute atomic E-state index is 12.4. The van der Waals surface area contributed by atoms with Gasteiger partial charge in [0.1, 0.15) is 12.7 Å². The Balaban J connectivity index is 1.36. The lowest BCUT2D eigenvalue weighted by Crippen LogP contribution is -2.32. The van der Waals surface area contributed by atoms with Gasteiger partial charge in [-0.1, -0.05) is 11.6 Å². The van der Waals surface area contributed by atoms with E-state index in [1.807, 2.05) is 6.92 Å². The third-order valence-corrected chi connectivity index (χ3v) is 4.37. The van der Waals surface area contributed by atoms with Crippen molar-refractivity contribution < 1.29 is 14.4 Å². The van der Waals surface area contributed by atoms with Gasteiger partial charge in [-0.05, 0) is 31.2 Å². The van der Waals surface area contributed by atoms with Crippen molar-refractivity contribution >= 4 is 23.4 Å². The first-order valence-electron chi connectivity index (χ1n) is 8.60. The molecule has 0 radical (unpaired) electrons. The molecule has 0 saturated carbocycles. The number of nitrogens with zero attached hydrogens (tertiary/aromatic N) is 5. The lowest BCUT2D eigenvalue weighted by atomic mass is 10.1. The zero-order valence-electron chi connectivity index (χ0n) is 15.0. The predicted molar refractivity (Wildman–Crippen MR) is 98.9 cm³/mol. The summed E-state index contributed by atoms with van der Waals surface area (Å²) in [5, 5.41) is 6.68. The fourth-order valence-electron chi connectivity index (χ4n) is 2.97. The molecule has 28 heavy (non-hydrogen) atoms. The molecule has 2 aromatic heterocycles. The number of rotatable bonds is 5. The molecule has 1 N–H and O–H groups in total. The topological polar surface area (TPSA) is 110 Å². The van der Waals surface area contributed by atoms with E-state index in [-0.39, 0.29) is 30.7 Å². The first kappa shape index (κ1) is 17.5. The second kappa shape index (κ2) is 7.03. The summed E-state index contributed by atoms with van der Waals surface area (Å²) >= 11 is 0. The Labute approximate surface area is 160 Å². The summed E-state index contributed by atoms with van der Waals surface area (Å²) in [6.07, 6.45) is 4.41. The van der Waals surface area contributed by atoms with Crippen molar-refractivity contribution in [1.82, 2.24) is 24.6 Å². The van der Waals surface area contributed by atoms with E-state index in [2.05, 4.69) is 20.4 Å². The molecule has 0 unspecified atom stereocenters. The van der Waals surface area contributed by atoms with Crippen LogP contribution in [0.2, 0.25) is 0 Å². The van der Waals surface area contributed by atoms with E-state index >= 15 is 0 Å². The molecule has 0 bridgehead atoms. The highest BCUT2D eigenvalue weighted by Crippen LogP contribution is 2.24. The van der Waals surface area contributed by atoms with Crippen LogP contribution in [0.4, 0.5) is 5.69 Å². The van der Waals surface area contributed by atoms with Gasteiger partial charge in [0.25, 0.3) is 11.8 Å². The Morgan fingerprint density at radius 2 is 1.93 bits per heavy atom. The average Bonchev–Trinajstić information content (AvgIpc) is 3.29. The van der Waals surface area contributed by atoms with Gasteiger partial charge in [-0.15, -0.1) is 0 Å². The minimum absolute atomic E-state index is 0.00468. The minimum atomic E-state index is -0.369. The van der Waals surface area contributed by atoms with Crippen LogP contribution >= 0.6 is 0 Å². The van der Waals surface area contributed by atoms with Crippen LogP contribution in [0.25, 0.3) is 5.82 Å². The summed E-state index contributed by atoms with van der Waals surface area (Å²) in [6, 6.07) is 8.50. The number of nitrogens with one attached hydrogen (secondary N) is 1. The van der Waals surface area contributed by atoms with Gasteiger partial charge in [0.2, 0.25) is 5.91 Å². The lowest BCUT2D eigenvalue weighted by Gasteiger charge is -2.13. The van der Waals surface area contributed by atoms with Crippen LogP contribution in [0, 0.1) is 6.92 Å². The SMILES string of the molecule is Cc1ccc2c(c1)C(=O)N(CCC(=O)Nc1ccc(-n3cncn3)nc1)C2=O. The van der Waals surface area contributed by atoms with Gasteiger partial charge in [-0.25, -0.2) is 14.6 Å². The number of amides is 3. The van der Waals surface area contributed by atoms with E-state index < -0.39 is 0 Å². The molecule has 0 aliphatic carbocycles. The number of fused-ring (bicyclic) bond motifs is 1. The number of aromatic nitrogens is 4. The Morgan fingerprint density at radius 1 is 1.11 bits per heavy atom. The molecule has 3 heterocycles. The fourth-order valence-corrected chi connectivity index (χ4v) is 2.97. The van der Waals surface area contributed by atoms with Crippen molar-refractivity contribution in [2.24, 2.45) is 0 Å². The van der Waals surface area contributed by atoms with Gasteiger partial charge >= 0.3 is 0 Å². The zero-order valence-corrected chi connectivity index (χ0v) is 15.0. The molecule has 0 fully saturated rings. The molecule has 4 rings (SSSR count). The third kappa shape index (κ3) is 3.25. The summed E-state index contributed by atoms with van der Waals surface area (Å²) in [5.41, 5.74) is 2.18. The monoisotopic (exact) mass is 376 g/mol. The Morgan fingerprint density at radius 3 is 2.64 bits per heavy atom. The van der Waals surface area contributed by atoms with E-state index in [0.717, 1.165) is 10.5 Å². The highest BCUT2D eigenvalue weighted by atomic mass is 16.2. The van der Waals surface area contributed by atoms with Crippen molar-refractivity contribution in [3.63, 3.8) is 0 Å². The van der Waals surface area contributed by atoms with Crippen LogP contribution in [0.15, 0.2) is 49.2 Å². The van der Waals surface area contributed by atoms with Crippen molar-refractivity contribution in [2.75, 3.05) is 11.9 Å². The van der Waals surface area contributed by atoms with Gasteiger partial charge < -0.3 is 5.32 Å². The molecule has 0 saturated heterocycles. The average molecular weight is 376 g/mol. The summed E-state index contributed by atoms with van der Waals surface area (Å²) in [7, 11) is 0. The second-order valence-electron chi connectivity index (χ2n) is 6.35. The number of hydrogen-bond acceptors (Lipinski definition) is 6. The van der Waals surface area contributed by atoms with Gasteiger partial charge in [0.15, 0.2) is 5.82 Å². The highest BCUT2D eigenvalue weighted by molar-refractivity contribution is 6.21. The molecule has 0 spiro atoms. The smallest absolute Gasteiger partial charge is 0.261 e. The van der Waals surface area contributed by atoms with Gasteiger partial charge in [0, 0.05) is 13.0 Å². The second-order valence-corrected chi connectivity index (χ2v) is 6.35. The largest absolute Gasteiger partial charge is 0.325 e. The number of carbonyl (C=O) groups excluding carboxylic acids is 3. The van der Waals surface area contributed by atoms with Crippen LogP contribution in [0.3, 0.4) is 0 Å². The van der Waals surface area contributed by atoms with E-state index in [0.29, 0.717) is 22.6 Å². The van der Waals surface area contributed by atoms with Crippen LogP contribution in [-0.2, 0) is 4.79 Å². The lowest BCUT2D eigenvalue weighted by molar-refractivity contribution is -0.116. The molecular weight excluding hydrogens is 360 g/mol. The molecule has 1 aliphatic heterocycles. The van der Waals surface area contributed by atoms with Crippen molar-refractivity contribution in [2.45, 2.75) is 13.3 Å². The van der Waals surface area contributed by atoms with Crippen molar-refractivity contribution in [3.05, 3.63) is 65.9 Å². The maximum atomic E-state index is 12.4. The standard InChI is InChI=1S/C19H16N6O3/c1-12-2-4-14-15(8-12)19(28)24(18(14)27)7-6-17(26)23-13-3-5-16(21-9-13)25-11-20-10-22-25/h2-5,8-11H,6-7H2,1H3,(H,23,26). The summed E-state index contributed by atoms with van der Waals surface area (Å²) in [4.78, 5) is 46.2. The van der Waals surface area contributed by atoms with E-state index in [1.54, 1.807) is 30.3 Å². The number of imide groups is 1. The van der Waals surface area contributed by atoms with E-state index in [4.69, 9.17) is 0 Å². The van der Waals surface area contributed by atoms with Gasteiger partial charge in [-0.3, -0.25) is 19.3 Å². The molecule has 9 heteroatoms. The van der Waals surface area contributed by atoms with Crippen molar-refractivity contribution in [3.8, 4) is 5.82 Å². The quantitative estimate of drug-likeness (QED) is 0.677. The Kier molecular flexibility index (Phi) is 4.40. The number of pyridine rings is 1. The molecule has 3 aromatic rings. The molecular formula is C19H16N6O3. The number of aryl methyl sites for hydroxylation is 1. The summed E-state index contributed by atoms with van der Waals surface area (Å²) in [5.74, 6) is -0.484. The molecule has 1 aromatic carbocycles. The summed E-state index contributed by atoms with van der Waals surface area (Å²) in [6.45, 7) is 1.87. The number of benzene rings is 1. The first-order valence-corrected chi connectivity index (χ1v) is 8.60. The van der Waals surface area contributed by atoms with Crippen LogP contribution < -0.4 is 5.32 Å². The van der Waals surface area contributed by atoms with Gasteiger partial charge in [-0.2, -0.15) is 5.10 Å². The highest BCUT2D eigenvalue weighted by Gasteiger charge is 2.35.